The first-order valence-corrected chi connectivity index (χ1v) is 8.00. The number of amidine groups is 1. The topological polar surface area (TPSA) is 107 Å². The van der Waals surface area contributed by atoms with Crippen LogP contribution in [0.2, 0.25) is 0 Å². The molecule has 0 bridgehead atoms. The Morgan fingerprint density at radius 1 is 1.18 bits per heavy atom. The van der Waals surface area contributed by atoms with E-state index in [9.17, 15) is 17.6 Å². The first kappa shape index (κ1) is 19.3. The molecule has 146 valence electrons. The van der Waals surface area contributed by atoms with Gasteiger partial charge in [0.1, 0.15) is 18.1 Å². The lowest BCUT2D eigenvalue weighted by atomic mass is 10.1. The minimum atomic E-state index is -4.50. The van der Waals surface area contributed by atoms with Crippen LogP contribution in [-0.2, 0) is 6.42 Å². The summed E-state index contributed by atoms with van der Waals surface area (Å²) in [5.74, 6) is -1.25. The van der Waals surface area contributed by atoms with Crippen molar-refractivity contribution < 1.29 is 17.6 Å². The van der Waals surface area contributed by atoms with Crippen molar-refractivity contribution in [2.45, 2.75) is 12.6 Å². The summed E-state index contributed by atoms with van der Waals surface area (Å²) in [5.41, 5.74) is 12.6. The van der Waals surface area contributed by atoms with Crippen molar-refractivity contribution >= 4 is 17.4 Å². The number of nitrogens with two attached hydrogens (primary N) is 2. The monoisotopic (exact) mass is 393 g/mol. The van der Waals surface area contributed by atoms with Gasteiger partial charge >= 0.3 is 6.18 Å². The lowest BCUT2D eigenvalue weighted by molar-refractivity contribution is -0.118. The Labute approximate surface area is 156 Å². The van der Waals surface area contributed by atoms with E-state index >= 15 is 0 Å². The second kappa shape index (κ2) is 7.62. The van der Waals surface area contributed by atoms with E-state index in [4.69, 9.17) is 11.5 Å². The zero-order chi connectivity index (χ0) is 20.3. The number of hydrogen-bond acceptors (Lipinski definition) is 3. The highest BCUT2D eigenvalue weighted by Crippen LogP contribution is 2.16. The number of aromatic nitrogens is 3. The number of alkyl halides is 3. The summed E-state index contributed by atoms with van der Waals surface area (Å²) in [4.78, 5) is 15.3. The minimum Gasteiger partial charge on any atom is -0.382 e. The van der Waals surface area contributed by atoms with Crippen molar-refractivity contribution in [2.24, 2.45) is 21.5 Å². The molecule has 0 spiro atoms. The van der Waals surface area contributed by atoms with Gasteiger partial charge in [-0.05, 0) is 11.6 Å². The van der Waals surface area contributed by atoms with E-state index < -0.39 is 24.5 Å². The van der Waals surface area contributed by atoms with Crippen molar-refractivity contribution in [1.29, 1.82) is 0 Å². The first-order valence-electron chi connectivity index (χ1n) is 8.00. The number of imidazole rings is 1. The van der Waals surface area contributed by atoms with Crippen molar-refractivity contribution in [3.63, 3.8) is 0 Å². The molecule has 0 aliphatic heterocycles. The molecular weight excluding hydrogens is 378 g/mol. The zero-order valence-electron chi connectivity index (χ0n) is 14.4. The summed E-state index contributed by atoms with van der Waals surface area (Å²) >= 11 is 0. The van der Waals surface area contributed by atoms with Crippen LogP contribution in [0.25, 0.3) is 5.65 Å². The van der Waals surface area contributed by atoms with Gasteiger partial charge in [-0.2, -0.15) is 18.2 Å². The van der Waals surface area contributed by atoms with Crippen molar-refractivity contribution in [3.8, 4) is 0 Å². The van der Waals surface area contributed by atoms with Crippen LogP contribution >= 0.6 is 0 Å². The van der Waals surface area contributed by atoms with Gasteiger partial charge in [0.25, 0.3) is 0 Å². The molecule has 0 unspecified atom stereocenters. The van der Waals surface area contributed by atoms with E-state index in [0.29, 0.717) is 16.9 Å². The van der Waals surface area contributed by atoms with Crippen LogP contribution < -0.4 is 11.5 Å². The number of benzene rings is 1. The number of aliphatic imine (C=N–C) groups is 2. The van der Waals surface area contributed by atoms with Crippen LogP contribution in [0.5, 0.6) is 0 Å². The lowest BCUT2D eigenvalue weighted by Gasteiger charge is -2.08. The molecule has 0 saturated heterocycles. The molecule has 0 atom stereocenters. The Morgan fingerprint density at radius 3 is 2.64 bits per heavy atom. The van der Waals surface area contributed by atoms with Gasteiger partial charge in [0.15, 0.2) is 11.5 Å². The van der Waals surface area contributed by atoms with E-state index in [-0.39, 0.29) is 18.0 Å². The van der Waals surface area contributed by atoms with Crippen LogP contribution in [0.1, 0.15) is 17.0 Å². The molecule has 1 aromatic carbocycles. The molecule has 2 aromatic heterocycles. The maximum Gasteiger partial charge on any atom is 0.408 e. The molecule has 11 heteroatoms. The standard InChI is InChI=1S/C17H15F4N7/c18-11-4-2-1-3-10(11)7-12-15-24-5-6-28(15)8-13(26-12)14(22)27-16(23)25-9-17(19,20)21/h1-6,8H,7,9H2,(H4,22,23,25,27). The van der Waals surface area contributed by atoms with Crippen LogP contribution in [0.3, 0.4) is 0 Å². The van der Waals surface area contributed by atoms with Gasteiger partial charge in [-0.1, -0.05) is 18.2 Å². The third-order valence-corrected chi connectivity index (χ3v) is 3.68. The maximum absolute atomic E-state index is 14.0. The molecule has 0 saturated carbocycles. The van der Waals surface area contributed by atoms with E-state index in [2.05, 4.69) is 20.0 Å². The van der Waals surface area contributed by atoms with E-state index in [1.165, 1.54) is 18.5 Å². The first-order chi connectivity index (χ1) is 13.2. The Morgan fingerprint density at radius 2 is 1.93 bits per heavy atom. The fourth-order valence-corrected chi connectivity index (χ4v) is 2.45. The van der Waals surface area contributed by atoms with E-state index in [0.717, 1.165) is 0 Å². The van der Waals surface area contributed by atoms with Crippen molar-refractivity contribution in [2.75, 3.05) is 6.54 Å². The molecule has 7 nitrogen and oxygen atoms in total. The smallest absolute Gasteiger partial charge is 0.382 e. The molecule has 3 rings (SSSR count). The molecule has 3 aromatic rings. The summed E-state index contributed by atoms with van der Waals surface area (Å²) in [6.45, 7) is -1.47. The number of guanidine groups is 1. The molecule has 2 heterocycles. The number of hydrogen-bond donors (Lipinski definition) is 2. The third kappa shape index (κ3) is 4.61. The summed E-state index contributed by atoms with van der Waals surface area (Å²) in [7, 11) is 0. The zero-order valence-corrected chi connectivity index (χ0v) is 14.4. The van der Waals surface area contributed by atoms with Gasteiger partial charge in [0, 0.05) is 25.0 Å². The molecule has 28 heavy (non-hydrogen) atoms. The highest BCUT2D eigenvalue weighted by molar-refractivity contribution is 6.03. The SMILES string of the molecule is NC(=NCC(F)(F)F)N=C(N)c1cn2ccnc2c(Cc2ccccc2F)n1. The molecule has 0 aliphatic carbocycles. The summed E-state index contributed by atoms with van der Waals surface area (Å²) < 4.78 is 52.2. The van der Waals surface area contributed by atoms with E-state index in [1.807, 2.05) is 0 Å². The second-order valence-corrected chi connectivity index (χ2v) is 5.79. The van der Waals surface area contributed by atoms with Gasteiger partial charge in [0.2, 0.25) is 5.96 Å². The average Bonchev–Trinajstić information content (AvgIpc) is 3.10. The number of halogens is 4. The van der Waals surface area contributed by atoms with Crippen molar-refractivity contribution in [3.05, 3.63) is 65.6 Å². The van der Waals surface area contributed by atoms with E-state index in [1.54, 1.807) is 28.8 Å². The average molecular weight is 393 g/mol. The fourth-order valence-electron chi connectivity index (χ4n) is 2.45. The van der Waals surface area contributed by atoms with Crippen LogP contribution in [-0.4, -0.2) is 38.9 Å². The molecule has 0 fully saturated rings. The number of rotatable bonds is 4. The Balaban J connectivity index is 1.96. The largest absolute Gasteiger partial charge is 0.408 e. The molecule has 0 radical (unpaired) electrons. The highest BCUT2D eigenvalue weighted by Gasteiger charge is 2.26. The Kier molecular flexibility index (Phi) is 5.25. The highest BCUT2D eigenvalue weighted by atomic mass is 19.4. The quantitative estimate of drug-likeness (QED) is 0.402. The number of fused-ring (bicyclic) bond motifs is 1. The molecule has 4 N–H and O–H groups in total. The van der Waals surface area contributed by atoms with Crippen LogP contribution in [0.15, 0.2) is 52.8 Å². The fraction of sp³-hybridized carbons (Fsp3) is 0.176. The maximum atomic E-state index is 14.0. The van der Waals surface area contributed by atoms with Gasteiger partial charge < -0.3 is 15.9 Å². The lowest BCUT2D eigenvalue weighted by Crippen LogP contribution is -2.23. The summed E-state index contributed by atoms with van der Waals surface area (Å²) in [6, 6.07) is 6.21. The van der Waals surface area contributed by atoms with Gasteiger partial charge in [-0.3, -0.25) is 0 Å². The summed E-state index contributed by atoms with van der Waals surface area (Å²) in [5, 5.41) is 0. The Bertz CT molecular complexity index is 1050. The Hall–Kier alpha value is -3.50. The van der Waals surface area contributed by atoms with Gasteiger partial charge in [-0.15, -0.1) is 0 Å². The second-order valence-electron chi connectivity index (χ2n) is 5.79. The predicted molar refractivity (Wildman–Crippen MR) is 95.5 cm³/mol. The van der Waals surface area contributed by atoms with Crippen molar-refractivity contribution in [1.82, 2.24) is 14.4 Å². The van der Waals surface area contributed by atoms with Gasteiger partial charge in [-0.25, -0.2) is 19.4 Å². The normalized spacial score (nSPS) is 13.3. The summed E-state index contributed by atoms with van der Waals surface area (Å²) in [6.07, 6.45) is 0.267. The molecular formula is C17H15F4N7. The van der Waals surface area contributed by atoms with Crippen LogP contribution in [0.4, 0.5) is 17.6 Å². The van der Waals surface area contributed by atoms with Gasteiger partial charge in [0.05, 0.1) is 5.69 Å². The predicted octanol–water partition coefficient (Wildman–Crippen LogP) is 2.04. The number of nitrogens with zero attached hydrogens (tertiary/aromatic N) is 5. The molecule has 0 amide bonds. The molecule has 0 aliphatic rings. The van der Waals surface area contributed by atoms with Crippen LogP contribution in [0, 0.1) is 5.82 Å². The minimum absolute atomic E-state index is 0.131. The third-order valence-electron chi connectivity index (χ3n) is 3.68.